The first-order chi connectivity index (χ1) is 14.0. The Morgan fingerprint density at radius 2 is 1.69 bits per heavy atom. The minimum atomic E-state index is -0.0796. The molecule has 6 nitrogen and oxygen atoms in total. The number of carbonyl (C=O) groups is 2. The third-order valence-corrected chi connectivity index (χ3v) is 5.11. The highest BCUT2D eigenvalue weighted by atomic mass is 16.2. The van der Waals surface area contributed by atoms with Gasteiger partial charge in [0.15, 0.2) is 0 Å². The van der Waals surface area contributed by atoms with E-state index in [1.54, 1.807) is 0 Å². The number of carbonyl (C=O) groups excluding carboxylic acids is 2. The van der Waals surface area contributed by atoms with Crippen LogP contribution in [-0.2, 0) is 17.8 Å². The standard InChI is InChI=1S/C23H30N4O2/c1-18-4-3-5-21(16-18)17-26-12-14-27(15-13-26)23(29)24-11-10-20-6-8-22(9-7-20)25-19(2)28/h3-9,16H,10-15,17H2,1-2H3,(H,24,29)(H,25,28). The van der Waals surface area contributed by atoms with Crippen LogP contribution in [0.2, 0.25) is 0 Å². The summed E-state index contributed by atoms with van der Waals surface area (Å²) in [6.07, 6.45) is 0.763. The Hall–Kier alpha value is -2.86. The molecule has 0 saturated carbocycles. The Morgan fingerprint density at radius 3 is 2.34 bits per heavy atom. The van der Waals surface area contributed by atoms with E-state index >= 15 is 0 Å². The number of aryl methyl sites for hydroxylation is 1. The zero-order chi connectivity index (χ0) is 20.6. The topological polar surface area (TPSA) is 64.7 Å². The Bertz CT molecular complexity index is 827. The van der Waals surface area contributed by atoms with Crippen LogP contribution in [0.25, 0.3) is 0 Å². The Balaban J connectivity index is 1.37. The molecule has 3 rings (SSSR count). The highest BCUT2D eigenvalue weighted by Gasteiger charge is 2.20. The van der Waals surface area contributed by atoms with Crippen molar-refractivity contribution in [2.45, 2.75) is 26.8 Å². The normalized spacial score (nSPS) is 14.5. The summed E-state index contributed by atoms with van der Waals surface area (Å²) in [5.74, 6) is -0.0796. The lowest BCUT2D eigenvalue weighted by molar-refractivity contribution is -0.114. The van der Waals surface area contributed by atoms with Crippen LogP contribution < -0.4 is 10.6 Å². The first kappa shape index (κ1) is 20.9. The highest BCUT2D eigenvalue weighted by Crippen LogP contribution is 2.11. The highest BCUT2D eigenvalue weighted by molar-refractivity contribution is 5.88. The van der Waals surface area contributed by atoms with Crippen LogP contribution >= 0.6 is 0 Å². The van der Waals surface area contributed by atoms with E-state index in [4.69, 9.17) is 0 Å². The molecule has 6 heteroatoms. The number of anilines is 1. The van der Waals surface area contributed by atoms with Crippen LogP contribution in [0.4, 0.5) is 10.5 Å². The van der Waals surface area contributed by atoms with Gasteiger partial charge in [0.2, 0.25) is 5.91 Å². The van der Waals surface area contributed by atoms with Crippen LogP contribution in [0.1, 0.15) is 23.6 Å². The molecule has 1 aliphatic heterocycles. The molecule has 1 aliphatic rings. The summed E-state index contributed by atoms with van der Waals surface area (Å²) in [6, 6.07) is 16.3. The molecule has 0 aromatic heterocycles. The van der Waals surface area contributed by atoms with Gasteiger partial charge in [-0.25, -0.2) is 4.79 Å². The van der Waals surface area contributed by atoms with Gasteiger partial charge in [0.05, 0.1) is 0 Å². The maximum Gasteiger partial charge on any atom is 0.317 e. The summed E-state index contributed by atoms with van der Waals surface area (Å²) in [5.41, 5.74) is 4.52. The van der Waals surface area contributed by atoms with E-state index in [0.29, 0.717) is 6.54 Å². The molecular weight excluding hydrogens is 364 g/mol. The molecule has 154 valence electrons. The Kier molecular flexibility index (Phi) is 7.25. The fourth-order valence-electron chi connectivity index (χ4n) is 3.56. The minimum Gasteiger partial charge on any atom is -0.338 e. The van der Waals surface area contributed by atoms with Crippen molar-refractivity contribution in [2.75, 3.05) is 38.0 Å². The van der Waals surface area contributed by atoms with Crippen molar-refractivity contribution in [3.63, 3.8) is 0 Å². The minimum absolute atomic E-state index is 0.00933. The molecule has 2 N–H and O–H groups in total. The molecule has 2 aromatic carbocycles. The summed E-state index contributed by atoms with van der Waals surface area (Å²) in [7, 11) is 0. The Labute approximate surface area is 172 Å². The van der Waals surface area contributed by atoms with Crippen molar-refractivity contribution in [2.24, 2.45) is 0 Å². The van der Waals surface area contributed by atoms with Crippen molar-refractivity contribution in [1.82, 2.24) is 15.1 Å². The van der Waals surface area contributed by atoms with Crippen LogP contribution in [0.5, 0.6) is 0 Å². The number of nitrogens with one attached hydrogen (secondary N) is 2. The number of urea groups is 1. The van der Waals surface area contributed by atoms with Crippen molar-refractivity contribution in [3.05, 3.63) is 65.2 Å². The zero-order valence-electron chi connectivity index (χ0n) is 17.3. The number of piperazine rings is 1. The maximum atomic E-state index is 12.4. The molecule has 2 aromatic rings. The molecule has 0 bridgehead atoms. The quantitative estimate of drug-likeness (QED) is 0.792. The number of benzene rings is 2. The van der Waals surface area contributed by atoms with Gasteiger partial charge >= 0.3 is 6.03 Å². The lowest BCUT2D eigenvalue weighted by Crippen LogP contribution is -2.51. The van der Waals surface area contributed by atoms with Crippen LogP contribution in [0.15, 0.2) is 48.5 Å². The molecule has 1 heterocycles. The Morgan fingerprint density at radius 1 is 0.966 bits per heavy atom. The van der Waals surface area contributed by atoms with Gasteiger partial charge in [-0.05, 0) is 36.6 Å². The summed E-state index contributed by atoms with van der Waals surface area (Å²) in [6.45, 7) is 8.44. The number of hydrogen-bond acceptors (Lipinski definition) is 3. The lowest BCUT2D eigenvalue weighted by atomic mass is 10.1. The van der Waals surface area contributed by atoms with Crippen LogP contribution in [0, 0.1) is 6.92 Å². The van der Waals surface area contributed by atoms with E-state index in [-0.39, 0.29) is 11.9 Å². The van der Waals surface area contributed by atoms with Crippen molar-refractivity contribution in [3.8, 4) is 0 Å². The zero-order valence-corrected chi connectivity index (χ0v) is 17.3. The summed E-state index contributed by atoms with van der Waals surface area (Å²) in [4.78, 5) is 27.8. The number of rotatable bonds is 6. The van der Waals surface area contributed by atoms with E-state index in [0.717, 1.165) is 50.4 Å². The number of nitrogens with zero attached hydrogens (tertiary/aromatic N) is 2. The second-order valence-corrected chi connectivity index (χ2v) is 7.61. The van der Waals surface area contributed by atoms with Gasteiger partial charge in [0.25, 0.3) is 0 Å². The average molecular weight is 395 g/mol. The number of hydrogen-bond donors (Lipinski definition) is 2. The predicted octanol–water partition coefficient (Wildman–Crippen LogP) is 3.02. The molecule has 1 fully saturated rings. The molecule has 3 amide bonds. The van der Waals surface area contributed by atoms with Crippen LogP contribution in [0.3, 0.4) is 0 Å². The fraction of sp³-hybridized carbons (Fsp3) is 0.391. The summed E-state index contributed by atoms with van der Waals surface area (Å²) in [5, 5.41) is 5.77. The first-order valence-corrected chi connectivity index (χ1v) is 10.2. The fourth-order valence-corrected chi connectivity index (χ4v) is 3.56. The smallest absolute Gasteiger partial charge is 0.317 e. The average Bonchev–Trinajstić information content (AvgIpc) is 2.69. The van der Waals surface area contributed by atoms with Gasteiger partial charge in [-0.1, -0.05) is 42.0 Å². The molecule has 0 aliphatic carbocycles. The van der Waals surface area contributed by atoms with Crippen LogP contribution in [-0.4, -0.2) is 54.5 Å². The van der Waals surface area contributed by atoms with Gasteiger partial charge in [0, 0.05) is 51.9 Å². The lowest BCUT2D eigenvalue weighted by Gasteiger charge is -2.34. The molecule has 0 atom stereocenters. The van der Waals surface area contributed by atoms with E-state index in [1.165, 1.54) is 18.1 Å². The van der Waals surface area contributed by atoms with Crippen molar-refractivity contribution in [1.29, 1.82) is 0 Å². The SMILES string of the molecule is CC(=O)Nc1ccc(CCNC(=O)N2CCN(Cc3cccc(C)c3)CC2)cc1. The van der Waals surface area contributed by atoms with Gasteiger partial charge in [-0.3, -0.25) is 9.69 Å². The van der Waals surface area contributed by atoms with E-state index in [1.807, 2.05) is 29.2 Å². The molecule has 0 spiro atoms. The van der Waals surface area contributed by atoms with E-state index in [2.05, 4.69) is 46.7 Å². The van der Waals surface area contributed by atoms with Gasteiger partial charge in [-0.15, -0.1) is 0 Å². The van der Waals surface area contributed by atoms with Crippen molar-refractivity contribution >= 4 is 17.6 Å². The number of amides is 3. The second-order valence-electron chi connectivity index (χ2n) is 7.61. The monoisotopic (exact) mass is 394 g/mol. The van der Waals surface area contributed by atoms with Gasteiger partial charge < -0.3 is 15.5 Å². The largest absolute Gasteiger partial charge is 0.338 e. The van der Waals surface area contributed by atoms with Gasteiger partial charge in [0.1, 0.15) is 0 Å². The van der Waals surface area contributed by atoms with E-state index in [9.17, 15) is 9.59 Å². The summed E-state index contributed by atoms with van der Waals surface area (Å²) < 4.78 is 0. The third kappa shape index (κ3) is 6.61. The third-order valence-electron chi connectivity index (χ3n) is 5.11. The van der Waals surface area contributed by atoms with Gasteiger partial charge in [-0.2, -0.15) is 0 Å². The second kappa shape index (κ2) is 10.1. The van der Waals surface area contributed by atoms with Crippen molar-refractivity contribution < 1.29 is 9.59 Å². The van der Waals surface area contributed by atoms with E-state index < -0.39 is 0 Å². The molecular formula is C23H30N4O2. The first-order valence-electron chi connectivity index (χ1n) is 10.2. The molecule has 1 saturated heterocycles. The molecule has 0 unspecified atom stereocenters. The molecule has 0 radical (unpaired) electrons. The molecule has 29 heavy (non-hydrogen) atoms. The maximum absolute atomic E-state index is 12.4. The predicted molar refractivity (Wildman–Crippen MR) is 116 cm³/mol. The summed E-state index contributed by atoms with van der Waals surface area (Å²) >= 11 is 0.